The van der Waals surface area contributed by atoms with Gasteiger partial charge in [-0.15, -0.1) is 0 Å². The van der Waals surface area contributed by atoms with Gasteiger partial charge in [0.25, 0.3) is 5.91 Å². The van der Waals surface area contributed by atoms with E-state index in [-0.39, 0.29) is 11.4 Å². The topological polar surface area (TPSA) is 92.7 Å². The number of amides is 1. The second kappa shape index (κ2) is 6.49. The van der Waals surface area contributed by atoms with Crippen molar-refractivity contribution in [3.63, 3.8) is 0 Å². The third-order valence-electron chi connectivity index (χ3n) is 2.77. The zero-order valence-corrected chi connectivity index (χ0v) is 12.6. The molecule has 2 aromatic carbocycles. The van der Waals surface area contributed by atoms with Gasteiger partial charge in [-0.05, 0) is 24.3 Å². The van der Waals surface area contributed by atoms with Crippen LogP contribution in [0.5, 0.6) is 5.75 Å². The van der Waals surface area contributed by atoms with E-state index in [9.17, 15) is 26.4 Å². The van der Waals surface area contributed by atoms with Crippen LogP contribution in [-0.2, 0) is 16.6 Å². The van der Waals surface area contributed by atoms with Gasteiger partial charge in [-0.2, -0.15) is 21.6 Å². The monoisotopic (exact) mass is 361 g/mol. The molecule has 1 amide bonds. The van der Waals surface area contributed by atoms with Gasteiger partial charge in [0.1, 0.15) is 5.75 Å². The summed E-state index contributed by atoms with van der Waals surface area (Å²) in [7, 11) is -4.76. The largest absolute Gasteiger partial charge is 0.446 e. The molecule has 0 aliphatic heterocycles. The summed E-state index contributed by atoms with van der Waals surface area (Å²) in [5.41, 5.74) is -1.71. The molecule has 2 rings (SSSR count). The van der Waals surface area contributed by atoms with E-state index in [1.807, 2.05) is 0 Å². The molecule has 10 heteroatoms. The molecule has 6 nitrogen and oxygen atoms in total. The number of nitrogens with one attached hydrogen (secondary N) is 1. The minimum atomic E-state index is -4.76. The molecule has 0 aromatic heterocycles. The van der Waals surface area contributed by atoms with E-state index in [1.54, 1.807) is 0 Å². The average Bonchev–Trinajstić information content (AvgIpc) is 2.45. The van der Waals surface area contributed by atoms with Crippen molar-refractivity contribution in [2.45, 2.75) is 6.18 Å². The summed E-state index contributed by atoms with van der Waals surface area (Å²) in [4.78, 5) is 12.1. The van der Waals surface area contributed by atoms with Crippen LogP contribution in [0.25, 0.3) is 0 Å². The first-order chi connectivity index (χ1) is 11.1. The molecule has 2 aromatic rings. The van der Waals surface area contributed by atoms with Crippen LogP contribution in [0, 0.1) is 0 Å². The second-order valence-electron chi connectivity index (χ2n) is 4.54. The molecule has 2 N–H and O–H groups in total. The molecule has 0 atom stereocenters. The van der Waals surface area contributed by atoms with E-state index >= 15 is 0 Å². The van der Waals surface area contributed by atoms with Crippen LogP contribution in [0.3, 0.4) is 0 Å². The molecule has 0 fully saturated rings. The second-order valence-corrected chi connectivity index (χ2v) is 5.56. The summed E-state index contributed by atoms with van der Waals surface area (Å²) >= 11 is 0. The minimum Gasteiger partial charge on any atom is -0.362 e. The predicted molar refractivity (Wildman–Crippen MR) is 78.0 cm³/mol. The van der Waals surface area contributed by atoms with Crippen LogP contribution in [0.2, 0.25) is 0 Å². The smallest absolute Gasteiger partial charge is 0.362 e. The van der Waals surface area contributed by atoms with Gasteiger partial charge in [-0.3, -0.25) is 9.35 Å². The van der Waals surface area contributed by atoms with Crippen molar-refractivity contribution in [3.8, 4) is 5.75 Å². The SMILES string of the molecule is O=C(Nc1cccc(OS(=O)(=O)O)c1)c1ccccc1C(F)(F)F. The molecule has 0 bridgehead atoms. The Morgan fingerprint density at radius 3 is 2.38 bits per heavy atom. The van der Waals surface area contributed by atoms with E-state index in [0.717, 1.165) is 24.3 Å². The zero-order valence-electron chi connectivity index (χ0n) is 11.7. The Kier molecular flexibility index (Phi) is 4.81. The molecule has 0 saturated heterocycles. The lowest BCUT2D eigenvalue weighted by atomic mass is 10.1. The summed E-state index contributed by atoms with van der Waals surface area (Å²) in [5, 5.41) is 2.20. The molecular formula is C14H10F3NO5S. The van der Waals surface area contributed by atoms with Crippen molar-refractivity contribution in [2.75, 3.05) is 5.32 Å². The Labute approximate surface area is 134 Å². The van der Waals surface area contributed by atoms with Gasteiger partial charge in [0.05, 0.1) is 11.1 Å². The Morgan fingerprint density at radius 2 is 1.75 bits per heavy atom. The Bertz CT molecular complexity index is 865. The molecule has 0 unspecified atom stereocenters. The van der Waals surface area contributed by atoms with Gasteiger partial charge in [0, 0.05) is 11.8 Å². The van der Waals surface area contributed by atoms with Gasteiger partial charge < -0.3 is 9.50 Å². The quantitative estimate of drug-likeness (QED) is 0.816. The summed E-state index contributed by atoms with van der Waals surface area (Å²) in [6.45, 7) is 0. The van der Waals surface area contributed by atoms with E-state index in [4.69, 9.17) is 4.55 Å². The first-order valence-corrected chi connectivity index (χ1v) is 7.67. The third kappa shape index (κ3) is 4.70. The van der Waals surface area contributed by atoms with Crippen LogP contribution in [0.4, 0.5) is 18.9 Å². The van der Waals surface area contributed by atoms with E-state index in [1.165, 1.54) is 24.3 Å². The predicted octanol–water partition coefficient (Wildman–Crippen LogP) is 3.14. The lowest BCUT2D eigenvalue weighted by Gasteiger charge is -2.13. The summed E-state index contributed by atoms with van der Waals surface area (Å²) < 4.78 is 72.8. The van der Waals surface area contributed by atoms with Crippen molar-refractivity contribution >= 4 is 22.0 Å². The number of carbonyl (C=O) groups excluding carboxylic acids is 1. The highest BCUT2D eigenvalue weighted by Gasteiger charge is 2.34. The van der Waals surface area contributed by atoms with Crippen molar-refractivity contribution in [1.29, 1.82) is 0 Å². The maximum atomic E-state index is 12.9. The van der Waals surface area contributed by atoms with Crippen LogP contribution in [0.15, 0.2) is 48.5 Å². The fourth-order valence-electron chi connectivity index (χ4n) is 1.87. The number of hydrogen-bond acceptors (Lipinski definition) is 4. The Morgan fingerprint density at radius 1 is 1.08 bits per heavy atom. The highest BCUT2D eigenvalue weighted by Crippen LogP contribution is 2.32. The fraction of sp³-hybridized carbons (Fsp3) is 0.0714. The molecule has 0 aliphatic carbocycles. The lowest BCUT2D eigenvalue weighted by molar-refractivity contribution is -0.137. The number of halogens is 3. The Balaban J connectivity index is 2.27. The number of carbonyl (C=O) groups is 1. The standard InChI is InChI=1S/C14H10F3NO5S/c15-14(16,17)12-7-2-1-6-11(12)13(19)18-9-4-3-5-10(8-9)23-24(20,21)22/h1-8H,(H,18,19)(H,20,21,22). The third-order valence-corrected chi connectivity index (χ3v) is 3.17. The number of benzene rings is 2. The number of hydrogen-bond donors (Lipinski definition) is 2. The van der Waals surface area contributed by atoms with Crippen LogP contribution < -0.4 is 9.50 Å². The first-order valence-electron chi connectivity index (χ1n) is 6.31. The minimum absolute atomic E-state index is 0.0156. The molecule has 0 aliphatic rings. The van der Waals surface area contributed by atoms with Crippen molar-refractivity contribution < 1.29 is 35.1 Å². The first kappa shape index (κ1) is 17.8. The van der Waals surface area contributed by atoms with Gasteiger partial charge in [0.2, 0.25) is 0 Å². The fourth-order valence-corrected chi connectivity index (χ4v) is 2.22. The van der Waals surface area contributed by atoms with E-state index in [2.05, 4.69) is 9.50 Å². The highest BCUT2D eigenvalue weighted by molar-refractivity contribution is 7.81. The molecule has 0 radical (unpaired) electrons. The van der Waals surface area contributed by atoms with Gasteiger partial charge in [-0.25, -0.2) is 0 Å². The average molecular weight is 361 g/mol. The van der Waals surface area contributed by atoms with E-state index in [0.29, 0.717) is 0 Å². The zero-order chi connectivity index (χ0) is 18.0. The summed E-state index contributed by atoms with van der Waals surface area (Å²) in [6.07, 6.45) is -4.70. The van der Waals surface area contributed by atoms with Crippen LogP contribution in [0.1, 0.15) is 15.9 Å². The van der Waals surface area contributed by atoms with Gasteiger partial charge in [0.15, 0.2) is 0 Å². The van der Waals surface area contributed by atoms with Crippen LogP contribution in [-0.4, -0.2) is 18.9 Å². The van der Waals surface area contributed by atoms with Gasteiger partial charge in [-0.1, -0.05) is 18.2 Å². The molecule has 24 heavy (non-hydrogen) atoms. The summed E-state index contributed by atoms with van der Waals surface area (Å²) in [6, 6.07) is 9.01. The van der Waals surface area contributed by atoms with Gasteiger partial charge >= 0.3 is 16.6 Å². The summed E-state index contributed by atoms with van der Waals surface area (Å²) in [5.74, 6) is -1.36. The van der Waals surface area contributed by atoms with E-state index < -0.39 is 33.6 Å². The highest BCUT2D eigenvalue weighted by atomic mass is 32.3. The number of rotatable bonds is 4. The molecule has 0 saturated carbocycles. The number of alkyl halides is 3. The Hall–Kier alpha value is -2.59. The molecule has 0 heterocycles. The normalized spacial score (nSPS) is 11.8. The van der Waals surface area contributed by atoms with Crippen molar-refractivity contribution in [3.05, 3.63) is 59.7 Å². The number of anilines is 1. The van der Waals surface area contributed by atoms with Crippen molar-refractivity contribution in [2.24, 2.45) is 0 Å². The lowest BCUT2D eigenvalue weighted by Crippen LogP contribution is -2.18. The molecule has 128 valence electrons. The van der Waals surface area contributed by atoms with Crippen molar-refractivity contribution in [1.82, 2.24) is 0 Å². The maximum absolute atomic E-state index is 12.9. The van der Waals surface area contributed by atoms with Crippen LogP contribution >= 0.6 is 0 Å². The molecule has 0 spiro atoms. The molecular weight excluding hydrogens is 351 g/mol. The maximum Gasteiger partial charge on any atom is 0.446 e.